The lowest BCUT2D eigenvalue weighted by molar-refractivity contribution is -0.139. The van der Waals surface area contributed by atoms with Gasteiger partial charge in [-0.1, -0.05) is 53.5 Å². The van der Waals surface area contributed by atoms with E-state index in [1.165, 1.54) is 11.3 Å². The van der Waals surface area contributed by atoms with Crippen LogP contribution in [0.25, 0.3) is 11.4 Å². The summed E-state index contributed by atoms with van der Waals surface area (Å²) < 4.78 is 5.56. The molecule has 1 aliphatic heterocycles. The fraction of sp³-hybridized carbons (Fsp3) is 0.444. The van der Waals surface area contributed by atoms with E-state index in [-0.39, 0.29) is 17.9 Å². The summed E-state index contributed by atoms with van der Waals surface area (Å²) in [5.74, 6) is 1.18. The Morgan fingerprint density at radius 1 is 1.18 bits per heavy atom. The molecule has 2 aromatic carbocycles. The van der Waals surface area contributed by atoms with Gasteiger partial charge in [-0.25, -0.2) is 0 Å². The topological polar surface area (TPSA) is 62.5 Å². The van der Waals surface area contributed by atoms with E-state index in [9.17, 15) is 4.79 Å². The van der Waals surface area contributed by atoms with Crippen molar-refractivity contribution in [3.63, 3.8) is 0 Å². The monoisotopic (exact) mass is 446 g/mol. The van der Waals surface area contributed by atoms with Crippen LogP contribution in [0.4, 0.5) is 5.69 Å². The van der Waals surface area contributed by atoms with Gasteiger partial charge in [0, 0.05) is 30.4 Å². The minimum Gasteiger partial charge on any atom is -0.371 e. The molecule has 2 heterocycles. The molecule has 4 rings (SSSR count). The molecule has 1 fully saturated rings. The van der Waals surface area contributed by atoms with Gasteiger partial charge in [0.25, 0.3) is 0 Å². The molecule has 1 aliphatic rings. The van der Waals surface area contributed by atoms with Crippen LogP contribution in [0.3, 0.4) is 0 Å². The number of aromatic nitrogens is 2. The highest BCUT2D eigenvalue weighted by Gasteiger charge is 2.32. The number of carbonyl (C=O) groups excluding carboxylic acids is 1. The van der Waals surface area contributed by atoms with Crippen LogP contribution in [-0.2, 0) is 11.3 Å². The van der Waals surface area contributed by atoms with E-state index in [0.717, 1.165) is 43.5 Å². The van der Waals surface area contributed by atoms with Crippen LogP contribution in [-0.4, -0.2) is 40.1 Å². The number of nitrogens with zero attached hydrogens (tertiary/aromatic N) is 4. The molecule has 0 radical (unpaired) electrons. The minimum absolute atomic E-state index is 0.0341. The molecule has 3 aromatic rings. The number of anilines is 1. The normalized spacial score (nSPS) is 17.1. The smallest absolute Gasteiger partial charge is 0.246 e. The molecule has 0 N–H and O–H groups in total. The molecule has 1 aromatic heterocycles. The van der Waals surface area contributed by atoms with Crippen LogP contribution in [0.5, 0.6) is 0 Å². The predicted octanol–water partition coefficient (Wildman–Crippen LogP) is 5.40. The van der Waals surface area contributed by atoms with Crippen molar-refractivity contribution in [2.75, 3.05) is 18.0 Å². The van der Waals surface area contributed by atoms with Gasteiger partial charge < -0.3 is 14.3 Å². The molecule has 0 saturated carbocycles. The Bertz CT molecular complexity index is 1080. The van der Waals surface area contributed by atoms with Crippen LogP contribution in [0.2, 0.25) is 0 Å². The first-order valence-electron chi connectivity index (χ1n) is 12.0. The summed E-state index contributed by atoms with van der Waals surface area (Å²) in [7, 11) is 0. The number of amides is 1. The standard InChI is InChI=1S/C27H34N4O2/c1-5-21(4)31(18-25-28-26(29-33-25)22-9-6-8-20(3)16-22)27(32)23-10-7-15-30(17-23)24-13-11-19(2)12-14-24/h6,8-9,11-14,16,21,23H,5,7,10,15,17-18H2,1-4H3/t21-,23+/m1/s1. The van der Waals surface area contributed by atoms with Crippen molar-refractivity contribution in [1.82, 2.24) is 15.0 Å². The first-order valence-corrected chi connectivity index (χ1v) is 12.0. The second-order valence-electron chi connectivity index (χ2n) is 9.23. The van der Waals surface area contributed by atoms with E-state index in [2.05, 4.69) is 60.1 Å². The number of hydrogen-bond acceptors (Lipinski definition) is 5. The van der Waals surface area contributed by atoms with Crippen molar-refractivity contribution in [3.8, 4) is 11.4 Å². The van der Waals surface area contributed by atoms with Gasteiger partial charge in [0.2, 0.25) is 17.6 Å². The summed E-state index contributed by atoms with van der Waals surface area (Å²) >= 11 is 0. The van der Waals surface area contributed by atoms with Crippen molar-refractivity contribution in [1.29, 1.82) is 0 Å². The van der Waals surface area contributed by atoms with E-state index in [1.54, 1.807) is 0 Å². The molecule has 174 valence electrons. The molecule has 1 saturated heterocycles. The molecular formula is C27H34N4O2. The Hall–Kier alpha value is -3.15. The van der Waals surface area contributed by atoms with Gasteiger partial charge in [0.15, 0.2) is 0 Å². The fourth-order valence-corrected chi connectivity index (χ4v) is 4.44. The van der Waals surface area contributed by atoms with Gasteiger partial charge >= 0.3 is 0 Å². The lowest BCUT2D eigenvalue weighted by Crippen LogP contribution is -2.47. The number of aryl methyl sites for hydroxylation is 2. The number of piperidine rings is 1. The lowest BCUT2D eigenvalue weighted by Gasteiger charge is -2.37. The summed E-state index contributed by atoms with van der Waals surface area (Å²) in [6.45, 7) is 10.4. The minimum atomic E-state index is -0.0341. The number of hydrogen-bond donors (Lipinski definition) is 0. The van der Waals surface area contributed by atoms with E-state index in [1.807, 2.05) is 36.1 Å². The molecule has 2 atom stereocenters. The maximum Gasteiger partial charge on any atom is 0.246 e. The Balaban J connectivity index is 1.49. The molecule has 0 unspecified atom stereocenters. The SMILES string of the molecule is CC[C@@H](C)N(Cc1nc(-c2cccc(C)c2)no1)C(=O)[C@H]1CCCN(c2ccc(C)cc2)C1. The fourth-order valence-electron chi connectivity index (χ4n) is 4.44. The molecule has 1 amide bonds. The van der Waals surface area contributed by atoms with E-state index >= 15 is 0 Å². The van der Waals surface area contributed by atoms with Crippen molar-refractivity contribution in [3.05, 3.63) is 65.5 Å². The summed E-state index contributed by atoms with van der Waals surface area (Å²) in [6, 6.07) is 16.7. The zero-order chi connectivity index (χ0) is 23.4. The third-order valence-corrected chi connectivity index (χ3v) is 6.63. The van der Waals surface area contributed by atoms with Gasteiger partial charge in [-0.3, -0.25) is 4.79 Å². The predicted molar refractivity (Wildman–Crippen MR) is 131 cm³/mol. The molecule has 33 heavy (non-hydrogen) atoms. The van der Waals surface area contributed by atoms with Gasteiger partial charge in [-0.15, -0.1) is 0 Å². The maximum absolute atomic E-state index is 13.7. The maximum atomic E-state index is 13.7. The quantitative estimate of drug-likeness (QED) is 0.486. The highest BCUT2D eigenvalue weighted by Crippen LogP contribution is 2.27. The number of rotatable bonds is 7. The van der Waals surface area contributed by atoms with Gasteiger partial charge in [0.05, 0.1) is 5.92 Å². The molecule has 6 nitrogen and oxygen atoms in total. The lowest BCUT2D eigenvalue weighted by atomic mass is 9.95. The summed E-state index contributed by atoms with van der Waals surface area (Å²) in [5.41, 5.74) is 4.50. The molecular weight excluding hydrogens is 412 g/mol. The molecule has 0 bridgehead atoms. The third kappa shape index (κ3) is 5.44. The zero-order valence-electron chi connectivity index (χ0n) is 20.1. The van der Waals surface area contributed by atoms with Crippen LogP contribution in [0.15, 0.2) is 53.1 Å². The number of carbonyl (C=O) groups is 1. The van der Waals surface area contributed by atoms with Gasteiger partial charge in [0.1, 0.15) is 6.54 Å². The van der Waals surface area contributed by atoms with Crippen LogP contribution in [0, 0.1) is 19.8 Å². The van der Waals surface area contributed by atoms with Crippen molar-refractivity contribution in [2.45, 2.75) is 59.5 Å². The van der Waals surface area contributed by atoms with Gasteiger partial charge in [-0.2, -0.15) is 4.98 Å². The van der Waals surface area contributed by atoms with Crippen molar-refractivity contribution < 1.29 is 9.32 Å². The molecule has 0 aliphatic carbocycles. The number of benzene rings is 2. The Kier molecular flexibility index (Phi) is 7.11. The highest BCUT2D eigenvalue weighted by atomic mass is 16.5. The Morgan fingerprint density at radius 3 is 2.70 bits per heavy atom. The first kappa shape index (κ1) is 23.0. The second kappa shape index (κ2) is 10.2. The van der Waals surface area contributed by atoms with Crippen LogP contribution in [0.1, 0.15) is 50.1 Å². The van der Waals surface area contributed by atoms with Gasteiger partial charge in [-0.05, 0) is 58.2 Å². The van der Waals surface area contributed by atoms with Crippen molar-refractivity contribution >= 4 is 11.6 Å². The van der Waals surface area contributed by atoms with E-state index in [0.29, 0.717) is 18.3 Å². The Morgan fingerprint density at radius 2 is 1.97 bits per heavy atom. The molecule has 6 heteroatoms. The van der Waals surface area contributed by atoms with E-state index in [4.69, 9.17) is 4.52 Å². The summed E-state index contributed by atoms with van der Waals surface area (Å²) in [6.07, 6.45) is 2.79. The first-order chi connectivity index (χ1) is 15.9. The highest BCUT2D eigenvalue weighted by molar-refractivity contribution is 5.80. The second-order valence-corrected chi connectivity index (χ2v) is 9.23. The van der Waals surface area contributed by atoms with Crippen LogP contribution >= 0.6 is 0 Å². The van der Waals surface area contributed by atoms with E-state index < -0.39 is 0 Å². The average molecular weight is 447 g/mol. The average Bonchev–Trinajstić information content (AvgIpc) is 3.31. The summed E-state index contributed by atoms with van der Waals surface area (Å²) in [5, 5.41) is 4.16. The largest absolute Gasteiger partial charge is 0.371 e. The molecule has 0 spiro atoms. The van der Waals surface area contributed by atoms with Crippen LogP contribution < -0.4 is 4.90 Å². The Labute approximate surface area is 196 Å². The summed E-state index contributed by atoms with van der Waals surface area (Å²) in [4.78, 5) is 22.5. The third-order valence-electron chi connectivity index (χ3n) is 6.63. The van der Waals surface area contributed by atoms with Crippen molar-refractivity contribution in [2.24, 2.45) is 5.92 Å². The zero-order valence-corrected chi connectivity index (χ0v) is 20.1.